The van der Waals surface area contributed by atoms with E-state index in [1.807, 2.05) is 0 Å². The van der Waals surface area contributed by atoms with Crippen molar-refractivity contribution in [3.63, 3.8) is 0 Å². The molecule has 0 spiro atoms. The molecule has 3 rings (SSSR count). The van der Waals surface area contributed by atoms with Crippen LogP contribution in [0.15, 0.2) is 18.2 Å². The Balaban J connectivity index is 2.12. The van der Waals surface area contributed by atoms with E-state index < -0.39 is 17.5 Å². The Labute approximate surface area is 137 Å². The summed E-state index contributed by atoms with van der Waals surface area (Å²) in [7, 11) is 1.31. The van der Waals surface area contributed by atoms with Crippen LogP contribution in [0.4, 0.5) is 0 Å². The van der Waals surface area contributed by atoms with Gasteiger partial charge in [-0.3, -0.25) is 4.79 Å². The highest BCUT2D eigenvalue weighted by Crippen LogP contribution is 2.47. The molecule has 126 valence electrons. The van der Waals surface area contributed by atoms with E-state index in [0.717, 1.165) is 0 Å². The van der Waals surface area contributed by atoms with Crippen LogP contribution in [0.1, 0.15) is 27.4 Å². The van der Waals surface area contributed by atoms with Crippen molar-refractivity contribution in [2.75, 3.05) is 13.7 Å². The van der Waals surface area contributed by atoms with Gasteiger partial charge in [0.25, 0.3) is 0 Å². The summed E-state index contributed by atoms with van der Waals surface area (Å²) in [6.45, 7) is 1.43. The molecule has 1 heterocycles. The Morgan fingerprint density at radius 1 is 1.12 bits per heavy atom. The van der Waals surface area contributed by atoms with Gasteiger partial charge in [0.1, 0.15) is 12.4 Å². The van der Waals surface area contributed by atoms with E-state index >= 15 is 0 Å². The third-order valence-electron chi connectivity index (χ3n) is 4.18. The van der Waals surface area contributed by atoms with Crippen molar-refractivity contribution in [3.8, 4) is 34.5 Å². The fourth-order valence-electron chi connectivity index (χ4n) is 2.79. The average molecular weight is 332 g/mol. The predicted octanol–water partition coefficient (Wildman–Crippen LogP) is 2.18. The number of carbonyl (C=O) groups is 1. The average Bonchev–Trinajstić information content (AvgIpc) is 2.56. The first kappa shape index (κ1) is 15.8. The van der Waals surface area contributed by atoms with Gasteiger partial charge in [0.15, 0.2) is 28.8 Å². The van der Waals surface area contributed by atoms with E-state index in [2.05, 4.69) is 0 Å². The van der Waals surface area contributed by atoms with Crippen LogP contribution < -0.4 is 9.47 Å². The highest BCUT2D eigenvalue weighted by molar-refractivity contribution is 6.06. The number of aromatic hydroxyl groups is 4. The lowest BCUT2D eigenvalue weighted by atomic mass is 9.87. The number of fused-ring (bicyclic) bond motifs is 1. The summed E-state index contributed by atoms with van der Waals surface area (Å²) in [5, 5.41) is 39.4. The molecule has 1 aliphatic rings. The smallest absolute Gasteiger partial charge is 0.200 e. The molecule has 2 aromatic carbocycles. The maximum atomic E-state index is 12.8. The zero-order valence-electron chi connectivity index (χ0n) is 13.0. The molecule has 7 nitrogen and oxygen atoms in total. The van der Waals surface area contributed by atoms with Gasteiger partial charge < -0.3 is 29.9 Å². The summed E-state index contributed by atoms with van der Waals surface area (Å²) < 4.78 is 10.6. The molecule has 0 saturated carbocycles. The number of hydrogen-bond donors (Lipinski definition) is 4. The van der Waals surface area contributed by atoms with Crippen molar-refractivity contribution in [2.45, 2.75) is 12.8 Å². The lowest BCUT2D eigenvalue weighted by molar-refractivity contribution is 0.0889. The number of Topliss-reactive ketones (excluding diaryl/α,β-unsaturated/α-hetero) is 1. The Kier molecular flexibility index (Phi) is 3.63. The molecule has 0 amide bonds. The molecule has 24 heavy (non-hydrogen) atoms. The molecule has 0 fully saturated rings. The van der Waals surface area contributed by atoms with Gasteiger partial charge >= 0.3 is 0 Å². The molecule has 1 unspecified atom stereocenters. The summed E-state index contributed by atoms with van der Waals surface area (Å²) in [5.74, 6) is -2.56. The molecule has 1 aliphatic heterocycles. The predicted molar refractivity (Wildman–Crippen MR) is 83.4 cm³/mol. The van der Waals surface area contributed by atoms with Crippen molar-refractivity contribution < 1.29 is 34.7 Å². The lowest BCUT2D eigenvalue weighted by Gasteiger charge is -2.27. The molecule has 0 aromatic heterocycles. The van der Waals surface area contributed by atoms with Crippen molar-refractivity contribution in [2.24, 2.45) is 0 Å². The second-order valence-corrected chi connectivity index (χ2v) is 5.53. The molecule has 4 N–H and O–H groups in total. The van der Waals surface area contributed by atoms with Crippen molar-refractivity contribution >= 4 is 5.78 Å². The Morgan fingerprint density at radius 2 is 1.83 bits per heavy atom. The largest absolute Gasteiger partial charge is 0.508 e. The van der Waals surface area contributed by atoms with E-state index in [0.29, 0.717) is 5.56 Å². The van der Waals surface area contributed by atoms with Gasteiger partial charge in [0.05, 0.1) is 18.6 Å². The third-order valence-corrected chi connectivity index (χ3v) is 4.18. The maximum Gasteiger partial charge on any atom is 0.200 e. The topological polar surface area (TPSA) is 116 Å². The molecule has 0 aliphatic carbocycles. The van der Waals surface area contributed by atoms with Crippen LogP contribution in [-0.4, -0.2) is 39.9 Å². The maximum absolute atomic E-state index is 12.8. The van der Waals surface area contributed by atoms with Gasteiger partial charge in [-0.15, -0.1) is 0 Å². The van der Waals surface area contributed by atoms with Crippen LogP contribution in [0.25, 0.3) is 0 Å². The zero-order chi connectivity index (χ0) is 17.6. The number of methoxy groups -OCH3 is 1. The first-order chi connectivity index (χ1) is 11.4. The molecule has 0 radical (unpaired) electrons. The number of hydrogen-bond acceptors (Lipinski definition) is 7. The number of rotatable bonds is 2. The van der Waals surface area contributed by atoms with Crippen molar-refractivity contribution in [1.29, 1.82) is 0 Å². The van der Waals surface area contributed by atoms with Crippen molar-refractivity contribution in [3.05, 3.63) is 34.9 Å². The third kappa shape index (κ3) is 2.17. The number of ether oxygens (including phenoxy) is 2. The van der Waals surface area contributed by atoms with E-state index in [1.54, 1.807) is 0 Å². The van der Waals surface area contributed by atoms with Crippen LogP contribution >= 0.6 is 0 Å². The number of ketones is 1. The van der Waals surface area contributed by atoms with Crippen LogP contribution in [0.2, 0.25) is 0 Å². The van der Waals surface area contributed by atoms with Gasteiger partial charge in [-0.1, -0.05) is 6.07 Å². The Bertz CT molecular complexity index is 842. The summed E-state index contributed by atoms with van der Waals surface area (Å²) >= 11 is 0. The standard InChI is InChI=1S/C17H16O7/c1-7-12(19)5-9-14(21)10(6-24-17(9)13(7)20)8-3-4-11(18)15(22)16(8)23-2/h3-5,10,18-20,22H,6H2,1-2H3. The van der Waals surface area contributed by atoms with Gasteiger partial charge in [-0.2, -0.15) is 0 Å². The first-order valence-electron chi connectivity index (χ1n) is 7.18. The summed E-state index contributed by atoms with van der Waals surface area (Å²) in [5.41, 5.74) is 0.601. The SMILES string of the molecule is COc1c(C2COc3c(cc(O)c(C)c3O)C2=O)ccc(O)c1O. The summed E-state index contributed by atoms with van der Waals surface area (Å²) in [6.07, 6.45) is 0. The minimum absolute atomic E-state index is 0.0218. The van der Waals surface area contributed by atoms with Crippen LogP contribution in [0.5, 0.6) is 34.5 Å². The highest BCUT2D eigenvalue weighted by Gasteiger charge is 2.35. The van der Waals surface area contributed by atoms with Crippen LogP contribution in [-0.2, 0) is 0 Å². The fourth-order valence-corrected chi connectivity index (χ4v) is 2.79. The molecular formula is C17H16O7. The van der Waals surface area contributed by atoms with Crippen LogP contribution in [0, 0.1) is 6.92 Å². The number of phenols is 4. The fraction of sp³-hybridized carbons (Fsp3) is 0.235. The van der Waals surface area contributed by atoms with Crippen molar-refractivity contribution in [1.82, 2.24) is 0 Å². The van der Waals surface area contributed by atoms with Gasteiger partial charge in [-0.05, 0) is 19.1 Å². The minimum Gasteiger partial charge on any atom is -0.508 e. The molecular weight excluding hydrogens is 316 g/mol. The van der Waals surface area contributed by atoms with Crippen LogP contribution in [0.3, 0.4) is 0 Å². The zero-order valence-corrected chi connectivity index (χ0v) is 13.0. The highest BCUT2D eigenvalue weighted by atomic mass is 16.5. The number of phenolic OH excluding ortho intramolecular Hbond substituents is 4. The normalized spacial score (nSPS) is 16.4. The van der Waals surface area contributed by atoms with E-state index in [9.17, 15) is 25.2 Å². The molecule has 7 heteroatoms. The van der Waals surface area contributed by atoms with Gasteiger partial charge in [0, 0.05) is 11.1 Å². The van der Waals surface area contributed by atoms with E-state index in [4.69, 9.17) is 9.47 Å². The second-order valence-electron chi connectivity index (χ2n) is 5.53. The first-order valence-corrected chi connectivity index (χ1v) is 7.18. The summed E-state index contributed by atoms with van der Waals surface area (Å²) in [6, 6.07) is 3.95. The Morgan fingerprint density at radius 3 is 2.50 bits per heavy atom. The number of benzene rings is 2. The monoisotopic (exact) mass is 332 g/mol. The molecule has 0 bridgehead atoms. The molecule has 0 saturated heterocycles. The minimum atomic E-state index is -0.819. The lowest BCUT2D eigenvalue weighted by Crippen LogP contribution is -2.26. The van der Waals surface area contributed by atoms with Gasteiger partial charge in [0.2, 0.25) is 5.75 Å². The summed E-state index contributed by atoms with van der Waals surface area (Å²) in [4.78, 5) is 12.8. The quantitative estimate of drug-likeness (QED) is 0.623. The van der Waals surface area contributed by atoms with E-state index in [1.165, 1.54) is 32.2 Å². The second kappa shape index (κ2) is 5.52. The van der Waals surface area contributed by atoms with E-state index in [-0.39, 0.29) is 46.5 Å². The molecule has 2 aromatic rings. The number of carbonyl (C=O) groups excluding carboxylic acids is 1. The van der Waals surface area contributed by atoms with Gasteiger partial charge in [-0.25, -0.2) is 0 Å². The molecule has 1 atom stereocenters. The Hall–Kier alpha value is -3.09.